The van der Waals surface area contributed by atoms with Crippen LogP contribution in [0.25, 0.3) is 0 Å². The molecule has 0 spiro atoms. The van der Waals surface area contributed by atoms with E-state index in [-0.39, 0.29) is 24.4 Å². The van der Waals surface area contributed by atoms with Crippen LogP contribution in [0.1, 0.15) is 44.2 Å². The second kappa shape index (κ2) is 9.73. The number of hydrogen-bond acceptors (Lipinski definition) is 2. The Morgan fingerprint density at radius 1 is 1.35 bits per heavy atom. The molecule has 1 saturated heterocycles. The van der Waals surface area contributed by atoms with E-state index >= 15 is 0 Å². The first-order valence-corrected chi connectivity index (χ1v) is 8.66. The number of halogens is 3. The van der Waals surface area contributed by atoms with Crippen LogP contribution in [0.4, 0.5) is 0 Å². The molecule has 23 heavy (non-hydrogen) atoms. The van der Waals surface area contributed by atoms with E-state index in [1.54, 1.807) is 11.0 Å². The molecule has 1 aromatic carbocycles. The Morgan fingerprint density at radius 3 is 2.61 bits per heavy atom. The first-order chi connectivity index (χ1) is 10.5. The van der Waals surface area contributed by atoms with Gasteiger partial charge in [0.25, 0.3) is 0 Å². The highest BCUT2D eigenvalue weighted by molar-refractivity contribution is 6.35. The van der Waals surface area contributed by atoms with Crippen molar-refractivity contribution >= 4 is 41.5 Å². The van der Waals surface area contributed by atoms with E-state index in [0.29, 0.717) is 22.4 Å². The third-order valence-corrected chi connectivity index (χ3v) is 5.17. The van der Waals surface area contributed by atoms with Gasteiger partial charge in [0.05, 0.1) is 6.04 Å². The molecule has 1 atom stereocenters. The van der Waals surface area contributed by atoms with Crippen molar-refractivity contribution in [2.24, 2.45) is 5.92 Å². The predicted molar refractivity (Wildman–Crippen MR) is 99.7 cm³/mol. The second-order valence-electron chi connectivity index (χ2n) is 6.08. The van der Waals surface area contributed by atoms with Gasteiger partial charge in [-0.15, -0.1) is 12.4 Å². The number of nitrogens with zero attached hydrogens (tertiary/aromatic N) is 1. The Balaban J connectivity index is 0.00000264. The SMILES string of the molecule is CC(c1ccc(Cl)cc1Cl)N(C)C(=O)CCC1CCNCC1.Cl. The molecule has 1 amide bonds. The highest BCUT2D eigenvalue weighted by Gasteiger charge is 2.21. The molecule has 0 bridgehead atoms. The highest BCUT2D eigenvalue weighted by atomic mass is 35.5. The maximum atomic E-state index is 12.4. The summed E-state index contributed by atoms with van der Waals surface area (Å²) >= 11 is 12.2. The number of hydrogen-bond donors (Lipinski definition) is 1. The van der Waals surface area contributed by atoms with Crippen molar-refractivity contribution in [2.45, 2.75) is 38.6 Å². The maximum absolute atomic E-state index is 12.4. The molecule has 3 nitrogen and oxygen atoms in total. The van der Waals surface area contributed by atoms with Crippen molar-refractivity contribution in [1.29, 1.82) is 0 Å². The fraction of sp³-hybridized carbons (Fsp3) is 0.588. The summed E-state index contributed by atoms with van der Waals surface area (Å²) in [6.07, 6.45) is 3.94. The molecular weight excluding hydrogens is 355 g/mol. The summed E-state index contributed by atoms with van der Waals surface area (Å²) < 4.78 is 0. The standard InChI is InChI=1S/C17H24Cl2N2O.ClH/c1-12(15-5-4-14(18)11-16(15)19)21(2)17(22)6-3-13-7-9-20-10-8-13;/h4-5,11-13,20H,3,6-10H2,1-2H3;1H. The summed E-state index contributed by atoms with van der Waals surface area (Å²) in [4.78, 5) is 14.2. The van der Waals surface area contributed by atoms with Crippen molar-refractivity contribution < 1.29 is 4.79 Å². The Labute approximate surface area is 155 Å². The number of benzene rings is 1. The van der Waals surface area contributed by atoms with Crippen molar-refractivity contribution in [3.63, 3.8) is 0 Å². The van der Waals surface area contributed by atoms with Gasteiger partial charge in [0.1, 0.15) is 0 Å². The van der Waals surface area contributed by atoms with E-state index in [9.17, 15) is 4.79 Å². The smallest absolute Gasteiger partial charge is 0.222 e. The molecule has 2 rings (SSSR count). The lowest BCUT2D eigenvalue weighted by atomic mass is 9.93. The van der Waals surface area contributed by atoms with Crippen molar-refractivity contribution in [2.75, 3.05) is 20.1 Å². The molecular formula is C17H25Cl3N2O. The molecule has 0 aliphatic carbocycles. The molecule has 1 aliphatic rings. The number of nitrogens with one attached hydrogen (secondary N) is 1. The summed E-state index contributed by atoms with van der Waals surface area (Å²) in [5, 5.41) is 4.58. The summed E-state index contributed by atoms with van der Waals surface area (Å²) in [6.45, 7) is 4.15. The fourth-order valence-electron chi connectivity index (χ4n) is 2.94. The Morgan fingerprint density at radius 2 is 2.00 bits per heavy atom. The molecule has 1 N–H and O–H groups in total. The molecule has 6 heteroatoms. The third-order valence-electron chi connectivity index (χ3n) is 4.61. The maximum Gasteiger partial charge on any atom is 0.222 e. The van der Waals surface area contributed by atoms with E-state index in [1.807, 2.05) is 26.1 Å². The van der Waals surface area contributed by atoms with Crippen molar-refractivity contribution in [1.82, 2.24) is 10.2 Å². The van der Waals surface area contributed by atoms with Gasteiger partial charge in [0.2, 0.25) is 5.91 Å². The van der Waals surface area contributed by atoms with Crippen LogP contribution in [-0.2, 0) is 4.79 Å². The van der Waals surface area contributed by atoms with Gasteiger partial charge in [0, 0.05) is 23.5 Å². The van der Waals surface area contributed by atoms with Crippen LogP contribution in [0.5, 0.6) is 0 Å². The lowest BCUT2D eigenvalue weighted by Gasteiger charge is -2.28. The molecule has 0 saturated carbocycles. The predicted octanol–water partition coefficient (Wildman–Crippen LogP) is 4.71. The molecule has 1 aliphatic heterocycles. The monoisotopic (exact) mass is 378 g/mol. The van der Waals surface area contributed by atoms with E-state index in [1.165, 1.54) is 12.8 Å². The number of carbonyl (C=O) groups excluding carboxylic acids is 1. The lowest BCUT2D eigenvalue weighted by Crippen LogP contribution is -2.31. The van der Waals surface area contributed by atoms with E-state index < -0.39 is 0 Å². The summed E-state index contributed by atoms with van der Waals surface area (Å²) in [7, 11) is 1.85. The number of rotatable bonds is 5. The lowest BCUT2D eigenvalue weighted by molar-refractivity contribution is -0.132. The quantitative estimate of drug-likeness (QED) is 0.803. The Hall–Kier alpha value is -0.480. The number of carbonyl (C=O) groups is 1. The molecule has 1 unspecified atom stereocenters. The third kappa shape index (κ3) is 5.82. The minimum Gasteiger partial charge on any atom is -0.339 e. The first-order valence-electron chi connectivity index (χ1n) is 7.90. The normalized spacial score (nSPS) is 16.5. The topological polar surface area (TPSA) is 32.3 Å². The van der Waals surface area contributed by atoms with Crippen LogP contribution in [0, 0.1) is 5.92 Å². The minimum atomic E-state index is -0.0507. The average Bonchev–Trinajstić information content (AvgIpc) is 2.52. The zero-order chi connectivity index (χ0) is 16.1. The van der Waals surface area contributed by atoms with Crippen LogP contribution in [0.3, 0.4) is 0 Å². The Bertz CT molecular complexity index is 519. The zero-order valence-electron chi connectivity index (χ0n) is 13.6. The second-order valence-corrected chi connectivity index (χ2v) is 6.92. The average molecular weight is 380 g/mol. The van der Waals surface area contributed by atoms with Gasteiger partial charge in [-0.2, -0.15) is 0 Å². The molecule has 0 radical (unpaired) electrons. The van der Waals surface area contributed by atoms with Crippen LogP contribution in [-0.4, -0.2) is 30.9 Å². The van der Waals surface area contributed by atoms with Gasteiger partial charge in [-0.3, -0.25) is 4.79 Å². The molecule has 1 aromatic rings. The van der Waals surface area contributed by atoms with Gasteiger partial charge < -0.3 is 10.2 Å². The first kappa shape index (κ1) is 20.6. The zero-order valence-corrected chi connectivity index (χ0v) is 16.0. The minimum absolute atomic E-state index is 0. The summed E-state index contributed by atoms with van der Waals surface area (Å²) in [5.41, 5.74) is 0.934. The van der Waals surface area contributed by atoms with E-state index in [0.717, 1.165) is 25.1 Å². The van der Waals surface area contributed by atoms with Crippen molar-refractivity contribution in [3.8, 4) is 0 Å². The molecule has 130 valence electrons. The van der Waals surface area contributed by atoms with Gasteiger partial charge in [-0.05, 0) is 62.9 Å². The van der Waals surface area contributed by atoms with Crippen LogP contribution in [0.2, 0.25) is 10.0 Å². The van der Waals surface area contributed by atoms with Crippen molar-refractivity contribution in [3.05, 3.63) is 33.8 Å². The summed E-state index contributed by atoms with van der Waals surface area (Å²) in [5.74, 6) is 0.852. The van der Waals surface area contributed by atoms with Gasteiger partial charge in [-0.1, -0.05) is 29.3 Å². The molecule has 1 heterocycles. The number of piperidine rings is 1. The van der Waals surface area contributed by atoms with Gasteiger partial charge >= 0.3 is 0 Å². The van der Waals surface area contributed by atoms with E-state index in [2.05, 4.69) is 5.32 Å². The fourth-order valence-corrected chi connectivity index (χ4v) is 3.51. The molecule has 0 aromatic heterocycles. The van der Waals surface area contributed by atoms with Gasteiger partial charge in [0.15, 0.2) is 0 Å². The summed E-state index contributed by atoms with van der Waals surface area (Å²) in [6, 6.07) is 5.38. The van der Waals surface area contributed by atoms with Crippen LogP contribution in [0.15, 0.2) is 18.2 Å². The van der Waals surface area contributed by atoms with Gasteiger partial charge in [-0.25, -0.2) is 0 Å². The highest BCUT2D eigenvalue weighted by Crippen LogP contribution is 2.29. The Kier molecular flexibility index (Phi) is 8.70. The van der Waals surface area contributed by atoms with E-state index in [4.69, 9.17) is 23.2 Å². The largest absolute Gasteiger partial charge is 0.339 e. The van der Waals surface area contributed by atoms with Crippen LogP contribution >= 0.6 is 35.6 Å². The van der Waals surface area contributed by atoms with Crippen LogP contribution < -0.4 is 5.32 Å². The number of amides is 1. The molecule has 1 fully saturated rings.